The number of carbonyl (C=O) groups excluding carboxylic acids is 1. The van der Waals surface area contributed by atoms with Crippen LogP contribution in [0.5, 0.6) is 0 Å². The first kappa shape index (κ1) is 5.96. The average Bonchev–Trinajstić information content (AvgIpc) is 2.46. The third kappa shape index (κ3) is 0.753. The Kier molecular flexibility index (Phi) is 1.10. The standard InChI is InChI=1S/C8H10O2/c9-7-3-6-8(10-7)4-1-2-5-8/h3,6H,1-2,4-5H2. The molecule has 1 aliphatic heterocycles. The van der Waals surface area contributed by atoms with E-state index < -0.39 is 0 Å². The molecule has 0 amide bonds. The Morgan fingerprint density at radius 1 is 1.40 bits per heavy atom. The lowest BCUT2D eigenvalue weighted by Gasteiger charge is -2.18. The first-order valence-electron chi connectivity index (χ1n) is 3.73. The maximum Gasteiger partial charge on any atom is 0.331 e. The molecule has 2 nitrogen and oxygen atoms in total. The highest BCUT2D eigenvalue weighted by Gasteiger charge is 2.38. The van der Waals surface area contributed by atoms with Crippen molar-refractivity contribution < 1.29 is 9.53 Å². The van der Waals surface area contributed by atoms with Crippen molar-refractivity contribution in [1.82, 2.24) is 0 Å². The van der Waals surface area contributed by atoms with E-state index in [4.69, 9.17) is 4.74 Å². The molecule has 0 atom stereocenters. The van der Waals surface area contributed by atoms with Crippen LogP contribution in [0.3, 0.4) is 0 Å². The molecule has 0 saturated heterocycles. The summed E-state index contributed by atoms with van der Waals surface area (Å²) < 4.78 is 5.16. The molecule has 0 aromatic rings. The van der Waals surface area contributed by atoms with Gasteiger partial charge in [-0.25, -0.2) is 4.79 Å². The SMILES string of the molecule is O=C1C=CC2(CCCC2)O1. The Bertz CT molecular complexity index is 187. The van der Waals surface area contributed by atoms with E-state index >= 15 is 0 Å². The van der Waals surface area contributed by atoms with Gasteiger partial charge in [0.1, 0.15) is 5.60 Å². The molecule has 1 spiro atoms. The van der Waals surface area contributed by atoms with Crippen LogP contribution in [0.15, 0.2) is 12.2 Å². The van der Waals surface area contributed by atoms with Gasteiger partial charge in [-0.3, -0.25) is 0 Å². The number of esters is 1. The highest BCUT2D eigenvalue weighted by molar-refractivity contribution is 5.85. The lowest BCUT2D eigenvalue weighted by molar-refractivity contribution is -0.145. The molecule has 0 unspecified atom stereocenters. The van der Waals surface area contributed by atoms with Crippen LogP contribution in [0.4, 0.5) is 0 Å². The first-order valence-corrected chi connectivity index (χ1v) is 3.73. The number of carbonyl (C=O) groups is 1. The molecule has 10 heavy (non-hydrogen) atoms. The second-order valence-electron chi connectivity index (χ2n) is 3.03. The molecule has 2 rings (SSSR count). The second-order valence-corrected chi connectivity index (χ2v) is 3.03. The lowest BCUT2D eigenvalue weighted by atomic mass is 10.0. The zero-order valence-electron chi connectivity index (χ0n) is 5.80. The molecule has 1 fully saturated rings. The van der Waals surface area contributed by atoms with E-state index in [2.05, 4.69) is 0 Å². The van der Waals surface area contributed by atoms with Gasteiger partial charge in [-0.05, 0) is 31.8 Å². The van der Waals surface area contributed by atoms with Crippen molar-refractivity contribution in [2.75, 3.05) is 0 Å². The van der Waals surface area contributed by atoms with E-state index in [1.54, 1.807) is 6.08 Å². The molecular formula is C8H10O2. The van der Waals surface area contributed by atoms with Gasteiger partial charge in [-0.2, -0.15) is 0 Å². The molecule has 1 saturated carbocycles. The normalized spacial score (nSPS) is 27.8. The minimum atomic E-state index is -0.170. The molecule has 0 aromatic heterocycles. The van der Waals surface area contributed by atoms with Gasteiger partial charge < -0.3 is 4.74 Å². The summed E-state index contributed by atoms with van der Waals surface area (Å²) in [5.41, 5.74) is -0.170. The number of rotatable bonds is 0. The van der Waals surface area contributed by atoms with Crippen LogP contribution in [0.25, 0.3) is 0 Å². The quantitative estimate of drug-likeness (QED) is 0.473. The fraction of sp³-hybridized carbons (Fsp3) is 0.625. The van der Waals surface area contributed by atoms with E-state index in [9.17, 15) is 4.79 Å². The summed E-state index contributed by atoms with van der Waals surface area (Å²) in [5, 5.41) is 0. The maximum absolute atomic E-state index is 10.7. The van der Waals surface area contributed by atoms with E-state index in [-0.39, 0.29) is 11.6 Å². The Hall–Kier alpha value is -0.790. The van der Waals surface area contributed by atoms with Gasteiger partial charge >= 0.3 is 5.97 Å². The van der Waals surface area contributed by atoms with Crippen molar-refractivity contribution >= 4 is 5.97 Å². The van der Waals surface area contributed by atoms with Crippen LogP contribution in [0.1, 0.15) is 25.7 Å². The van der Waals surface area contributed by atoms with Crippen molar-refractivity contribution in [3.63, 3.8) is 0 Å². The van der Waals surface area contributed by atoms with E-state index in [0.717, 1.165) is 12.8 Å². The zero-order chi connectivity index (χ0) is 7.03. The van der Waals surface area contributed by atoms with Crippen LogP contribution in [0, 0.1) is 0 Å². The zero-order valence-corrected chi connectivity index (χ0v) is 5.80. The summed E-state index contributed by atoms with van der Waals surface area (Å²) >= 11 is 0. The third-order valence-corrected chi connectivity index (χ3v) is 2.28. The molecule has 1 aliphatic carbocycles. The van der Waals surface area contributed by atoms with Gasteiger partial charge in [0.2, 0.25) is 0 Å². The molecule has 1 heterocycles. The maximum atomic E-state index is 10.7. The van der Waals surface area contributed by atoms with Crippen LogP contribution in [-0.2, 0) is 9.53 Å². The molecular weight excluding hydrogens is 128 g/mol. The molecule has 2 aliphatic rings. The first-order chi connectivity index (χ1) is 4.81. The number of hydrogen-bond acceptors (Lipinski definition) is 2. The summed E-state index contributed by atoms with van der Waals surface area (Å²) in [7, 11) is 0. The third-order valence-electron chi connectivity index (χ3n) is 2.28. The Balaban J connectivity index is 2.18. The fourth-order valence-corrected chi connectivity index (χ4v) is 1.73. The topological polar surface area (TPSA) is 26.3 Å². The van der Waals surface area contributed by atoms with Crippen molar-refractivity contribution in [2.45, 2.75) is 31.3 Å². The minimum Gasteiger partial charge on any atom is -0.452 e. The predicted molar refractivity (Wildman–Crippen MR) is 36.4 cm³/mol. The van der Waals surface area contributed by atoms with Crippen LogP contribution in [-0.4, -0.2) is 11.6 Å². The van der Waals surface area contributed by atoms with Crippen LogP contribution >= 0.6 is 0 Å². The number of ether oxygens (including phenoxy) is 1. The number of hydrogen-bond donors (Lipinski definition) is 0. The highest BCUT2D eigenvalue weighted by Crippen LogP contribution is 2.37. The summed E-state index contributed by atoms with van der Waals surface area (Å²) in [5.74, 6) is -0.165. The average molecular weight is 138 g/mol. The van der Waals surface area contributed by atoms with Gasteiger partial charge in [0.05, 0.1) is 0 Å². The highest BCUT2D eigenvalue weighted by atomic mass is 16.6. The molecule has 2 heteroatoms. The summed E-state index contributed by atoms with van der Waals surface area (Å²) in [6.45, 7) is 0. The van der Waals surface area contributed by atoms with Crippen molar-refractivity contribution in [3.05, 3.63) is 12.2 Å². The van der Waals surface area contributed by atoms with E-state index in [1.165, 1.54) is 12.8 Å². The van der Waals surface area contributed by atoms with Crippen molar-refractivity contribution in [2.24, 2.45) is 0 Å². The molecule has 0 radical (unpaired) electrons. The van der Waals surface area contributed by atoms with Gasteiger partial charge in [0.15, 0.2) is 0 Å². The van der Waals surface area contributed by atoms with Gasteiger partial charge in [0.25, 0.3) is 0 Å². The van der Waals surface area contributed by atoms with Gasteiger partial charge in [0, 0.05) is 6.08 Å². The van der Waals surface area contributed by atoms with Crippen LogP contribution < -0.4 is 0 Å². The minimum absolute atomic E-state index is 0.165. The van der Waals surface area contributed by atoms with Gasteiger partial charge in [-0.15, -0.1) is 0 Å². The summed E-state index contributed by atoms with van der Waals surface area (Å²) in [6, 6.07) is 0. The smallest absolute Gasteiger partial charge is 0.331 e. The molecule has 0 aromatic carbocycles. The molecule has 0 N–H and O–H groups in total. The van der Waals surface area contributed by atoms with Gasteiger partial charge in [-0.1, -0.05) is 0 Å². The Labute approximate surface area is 59.9 Å². The second kappa shape index (κ2) is 1.84. The monoisotopic (exact) mass is 138 g/mol. The Morgan fingerprint density at radius 3 is 2.60 bits per heavy atom. The van der Waals surface area contributed by atoms with E-state index in [0.29, 0.717) is 0 Å². The summed E-state index contributed by atoms with van der Waals surface area (Å²) in [4.78, 5) is 10.7. The molecule has 0 bridgehead atoms. The fourth-order valence-electron chi connectivity index (χ4n) is 1.73. The van der Waals surface area contributed by atoms with Crippen molar-refractivity contribution in [1.29, 1.82) is 0 Å². The largest absolute Gasteiger partial charge is 0.452 e. The lowest BCUT2D eigenvalue weighted by Crippen LogP contribution is -2.23. The summed E-state index contributed by atoms with van der Waals surface area (Å²) in [6.07, 6.45) is 7.90. The molecule has 54 valence electrons. The van der Waals surface area contributed by atoms with E-state index in [1.807, 2.05) is 6.08 Å². The Morgan fingerprint density at radius 2 is 2.10 bits per heavy atom. The predicted octanol–water partition coefficient (Wildman–Crippen LogP) is 1.41. The van der Waals surface area contributed by atoms with Crippen molar-refractivity contribution in [3.8, 4) is 0 Å². The van der Waals surface area contributed by atoms with Crippen LogP contribution in [0.2, 0.25) is 0 Å².